The van der Waals surface area contributed by atoms with Crippen LogP contribution in [-0.4, -0.2) is 53.2 Å². The molecule has 0 unspecified atom stereocenters. The Morgan fingerprint density at radius 3 is 2.47 bits per heavy atom. The number of nitrogens with zero attached hydrogens (tertiary/aromatic N) is 3. The van der Waals surface area contributed by atoms with Gasteiger partial charge in [-0.15, -0.1) is 0 Å². The highest BCUT2D eigenvalue weighted by Crippen LogP contribution is 2.35. The summed E-state index contributed by atoms with van der Waals surface area (Å²) in [6.45, 7) is 4.36. The van der Waals surface area contributed by atoms with Crippen molar-refractivity contribution < 1.29 is 18.8 Å². The van der Waals surface area contributed by atoms with Crippen LogP contribution in [0.25, 0.3) is 0 Å². The third-order valence-corrected chi connectivity index (χ3v) is 7.48. The highest BCUT2D eigenvalue weighted by molar-refractivity contribution is 6.23. The van der Waals surface area contributed by atoms with Crippen molar-refractivity contribution >= 4 is 23.4 Å². The molecule has 178 valence electrons. The van der Waals surface area contributed by atoms with E-state index in [1.54, 1.807) is 24.3 Å². The van der Waals surface area contributed by atoms with E-state index in [0.29, 0.717) is 35.8 Å². The van der Waals surface area contributed by atoms with E-state index in [2.05, 4.69) is 16.7 Å². The standard InChI is InChI=1S/C27H30FN3O3/c1-18-6-2-3-13-30(18)25(32)20-11-14-29(15-12-20)23-10-5-9-22-24(23)27(34)31(26(22)33)17-19-7-4-8-21(28)16-19/h4-5,7-10,16,18,20H,2-3,6,11-15,17H2,1H3/t18-/m0/s1. The second-order valence-electron chi connectivity index (χ2n) is 9.66. The number of anilines is 1. The van der Waals surface area contributed by atoms with Gasteiger partial charge in [0.05, 0.1) is 23.4 Å². The van der Waals surface area contributed by atoms with Gasteiger partial charge >= 0.3 is 0 Å². The molecule has 0 bridgehead atoms. The summed E-state index contributed by atoms with van der Waals surface area (Å²) in [6, 6.07) is 11.6. The van der Waals surface area contributed by atoms with Crippen molar-refractivity contribution in [1.29, 1.82) is 0 Å². The van der Waals surface area contributed by atoms with Crippen LogP contribution in [0.3, 0.4) is 0 Å². The van der Waals surface area contributed by atoms with Crippen molar-refractivity contribution in [3.8, 4) is 0 Å². The van der Waals surface area contributed by atoms with E-state index in [1.807, 2.05) is 6.07 Å². The number of rotatable bonds is 4. The topological polar surface area (TPSA) is 60.9 Å². The average molecular weight is 464 g/mol. The molecule has 0 spiro atoms. The fourth-order valence-electron chi connectivity index (χ4n) is 5.57. The molecule has 34 heavy (non-hydrogen) atoms. The molecule has 3 heterocycles. The minimum atomic E-state index is -0.397. The fraction of sp³-hybridized carbons (Fsp3) is 0.444. The number of carbonyl (C=O) groups excluding carboxylic acids is 3. The molecule has 7 heteroatoms. The number of fused-ring (bicyclic) bond motifs is 1. The lowest BCUT2D eigenvalue weighted by molar-refractivity contribution is -0.139. The van der Waals surface area contributed by atoms with E-state index in [-0.39, 0.29) is 30.2 Å². The van der Waals surface area contributed by atoms with E-state index in [0.717, 1.165) is 37.9 Å². The first-order valence-electron chi connectivity index (χ1n) is 12.2. The van der Waals surface area contributed by atoms with Gasteiger partial charge in [-0.2, -0.15) is 0 Å². The van der Waals surface area contributed by atoms with Gasteiger partial charge in [0.2, 0.25) is 5.91 Å². The van der Waals surface area contributed by atoms with E-state index >= 15 is 0 Å². The minimum absolute atomic E-state index is 0.00960. The number of benzene rings is 2. The smallest absolute Gasteiger partial charge is 0.263 e. The van der Waals surface area contributed by atoms with Gasteiger partial charge in [-0.25, -0.2) is 4.39 Å². The van der Waals surface area contributed by atoms with Crippen molar-refractivity contribution in [2.45, 2.75) is 51.6 Å². The van der Waals surface area contributed by atoms with Crippen LogP contribution >= 0.6 is 0 Å². The van der Waals surface area contributed by atoms with Gasteiger partial charge in [0, 0.05) is 31.6 Å². The molecule has 0 aliphatic carbocycles. The van der Waals surface area contributed by atoms with Gasteiger partial charge in [0.25, 0.3) is 11.8 Å². The molecule has 0 radical (unpaired) electrons. The van der Waals surface area contributed by atoms with Crippen molar-refractivity contribution in [3.63, 3.8) is 0 Å². The predicted octanol–water partition coefficient (Wildman–Crippen LogP) is 4.24. The van der Waals surface area contributed by atoms with Gasteiger partial charge in [0.15, 0.2) is 0 Å². The number of hydrogen-bond donors (Lipinski definition) is 0. The zero-order chi connectivity index (χ0) is 23.8. The maximum absolute atomic E-state index is 13.6. The molecule has 0 saturated carbocycles. The van der Waals surface area contributed by atoms with Gasteiger partial charge < -0.3 is 9.80 Å². The van der Waals surface area contributed by atoms with Crippen LogP contribution in [0, 0.1) is 11.7 Å². The predicted molar refractivity (Wildman–Crippen MR) is 127 cm³/mol. The van der Waals surface area contributed by atoms with Crippen molar-refractivity contribution in [2.75, 3.05) is 24.5 Å². The Hall–Kier alpha value is -3.22. The van der Waals surface area contributed by atoms with Crippen LogP contribution in [0.15, 0.2) is 42.5 Å². The molecule has 0 aromatic heterocycles. The minimum Gasteiger partial charge on any atom is -0.371 e. The first-order valence-corrected chi connectivity index (χ1v) is 12.2. The Morgan fingerprint density at radius 2 is 1.74 bits per heavy atom. The Kier molecular flexibility index (Phi) is 6.11. The zero-order valence-corrected chi connectivity index (χ0v) is 19.5. The van der Waals surface area contributed by atoms with Crippen LogP contribution in [0.2, 0.25) is 0 Å². The fourth-order valence-corrected chi connectivity index (χ4v) is 5.57. The third-order valence-electron chi connectivity index (χ3n) is 7.48. The molecular formula is C27H30FN3O3. The molecular weight excluding hydrogens is 433 g/mol. The van der Waals surface area contributed by atoms with Crippen LogP contribution < -0.4 is 4.90 Å². The van der Waals surface area contributed by atoms with E-state index in [4.69, 9.17) is 0 Å². The molecule has 2 aromatic rings. The summed E-state index contributed by atoms with van der Waals surface area (Å²) in [6.07, 6.45) is 4.81. The van der Waals surface area contributed by atoms with E-state index < -0.39 is 5.82 Å². The second-order valence-corrected chi connectivity index (χ2v) is 9.66. The molecule has 1 atom stereocenters. The number of imide groups is 1. The molecule has 3 amide bonds. The summed E-state index contributed by atoms with van der Waals surface area (Å²) >= 11 is 0. The summed E-state index contributed by atoms with van der Waals surface area (Å²) in [5.74, 6) is -0.824. The number of likely N-dealkylation sites (tertiary alicyclic amines) is 1. The lowest BCUT2D eigenvalue weighted by Gasteiger charge is -2.39. The van der Waals surface area contributed by atoms with Crippen molar-refractivity contribution in [2.24, 2.45) is 5.92 Å². The van der Waals surface area contributed by atoms with Gasteiger partial charge in [0.1, 0.15) is 5.82 Å². The summed E-state index contributed by atoms with van der Waals surface area (Å²) in [4.78, 5) is 44.8. The number of carbonyl (C=O) groups is 3. The number of amides is 3. The maximum Gasteiger partial charge on any atom is 0.263 e. The summed E-state index contributed by atoms with van der Waals surface area (Å²) in [5.41, 5.74) is 2.12. The molecule has 2 fully saturated rings. The zero-order valence-electron chi connectivity index (χ0n) is 19.5. The lowest BCUT2D eigenvalue weighted by atomic mass is 9.92. The molecule has 3 aliphatic rings. The Labute approximate surface area is 199 Å². The molecule has 0 N–H and O–H groups in total. The Balaban J connectivity index is 1.31. The number of halogens is 1. The Morgan fingerprint density at radius 1 is 0.971 bits per heavy atom. The van der Waals surface area contributed by atoms with Crippen molar-refractivity contribution in [3.05, 3.63) is 65.0 Å². The first kappa shape index (κ1) is 22.6. The van der Waals surface area contributed by atoms with Gasteiger partial charge in [-0.3, -0.25) is 19.3 Å². The first-order chi connectivity index (χ1) is 16.4. The molecule has 3 aliphatic heterocycles. The van der Waals surface area contributed by atoms with E-state index in [1.165, 1.54) is 23.5 Å². The normalized spacial score (nSPS) is 21.2. The van der Waals surface area contributed by atoms with Crippen molar-refractivity contribution in [1.82, 2.24) is 9.80 Å². The van der Waals surface area contributed by atoms with Gasteiger partial charge in [-0.05, 0) is 68.9 Å². The summed E-state index contributed by atoms with van der Waals surface area (Å²) in [5, 5.41) is 0. The van der Waals surface area contributed by atoms with Crippen LogP contribution in [-0.2, 0) is 11.3 Å². The number of hydrogen-bond acceptors (Lipinski definition) is 4. The van der Waals surface area contributed by atoms with Crippen LogP contribution in [0.1, 0.15) is 65.3 Å². The highest BCUT2D eigenvalue weighted by atomic mass is 19.1. The second kappa shape index (κ2) is 9.20. The molecule has 2 aromatic carbocycles. The quantitative estimate of drug-likeness (QED) is 0.637. The largest absolute Gasteiger partial charge is 0.371 e. The molecule has 6 nitrogen and oxygen atoms in total. The SMILES string of the molecule is C[C@H]1CCCCN1C(=O)C1CCN(c2cccc3c2C(=O)N(Cc2cccc(F)c2)C3=O)CC1. The van der Waals surface area contributed by atoms with E-state index in [9.17, 15) is 18.8 Å². The monoisotopic (exact) mass is 463 g/mol. The third kappa shape index (κ3) is 4.08. The Bertz CT molecular complexity index is 1130. The van der Waals surface area contributed by atoms with Crippen LogP contribution in [0.5, 0.6) is 0 Å². The highest BCUT2D eigenvalue weighted by Gasteiger charge is 2.39. The summed E-state index contributed by atoms with van der Waals surface area (Å²) in [7, 11) is 0. The van der Waals surface area contributed by atoms with Gasteiger partial charge in [-0.1, -0.05) is 18.2 Å². The number of piperidine rings is 2. The maximum atomic E-state index is 13.6. The summed E-state index contributed by atoms with van der Waals surface area (Å²) < 4.78 is 13.6. The lowest BCUT2D eigenvalue weighted by Crippen LogP contribution is -2.48. The molecule has 2 saturated heterocycles. The average Bonchev–Trinajstić information content (AvgIpc) is 3.09. The molecule has 5 rings (SSSR count). The van der Waals surface area contributed by atoms with Crippen LogP contribution in [0.4, 0.5) is 10.1 Å².